The lowest BCUT2D eigenvalue weighted by Crippen LogP contribution is -2.36. The Kier molecular flexibility index (Phi) is 5.27. The van der Waals surface area contributed by atoms with Gasteiger partial charge in [-0.05, 0) is 66.8 Å². The van der Waals surface area contributed by atoms with Crippen molar-refractivity contribution in [2.75, 3.05) is 19.6 Å². The molecule has 1 aliphatic rings. The number of halogens is 1. The summed E-state index contributed by atoms with van der Waals surface area (Å²) in [5.74, 6) is 1.56. The van der Waals surface area contributed by atoms with Crippen molar-refractivity contribution >= 4 is 15.9 Å². The smallest absolute Gasteiger partial charge is 0.135 e. The van der Waals surface area contributed by atoms with Crippen LogP contribution >= 0.6 is 15.9 Å². The fraction of sp³-hybridized carbons (Fsp3) is 0.714. The third kappa shape index (κ3) is 2.98. The van der Waals surface area contributed by atoms with Gasteiger partial charge in [0.15, 0.2) is 0 Å². The van der Waals surface area contributed by atoms with Crippen LogP contribution in [0.25, 0.3) is 0 Å². The van der Waals surface area contributed by atoms with Crippen LogP contribution in [0, 0.1) is 5.92 Å². The average molecular weight is 315 g/mol. The maximum Gasteiger partial charge on any atom is 0.135 e. The first-order valence-corrected chi connectivity index (χ1v) is 7.74. The molecule has 0 amide bonds. The predicted molar refractivity (Wildman–Crippen MR) is 77.4 cm³/mol. The van der Waals surface area contributed by atoms with Crippen LogP contribution in [0.15, 0.2) is 21.2 Å². The van der Waals surface area contributed by atoms with Gasteiger partial charge in [-0.2, -0.15) is 0 Å². The Balaban J connectivity index is 2.29. The monoisotopic (exact) mass is 314 g/mol. The molecule has 1 fully saturated rings. The highest BCUT2D eigenvalue weighted by Crippen LogP contribution is 2.38. The van der Waals surface area contributed by atoms with Crippen LogP contribution in [0.4, 0.5) is 0 Å². The Morgan fingerprint density at radius 1 is 1.50 bits per heavy atom. The van der Waals surface area contributed by atoms with E-state index in [-0.39, 0.29) is 0 Å². The van der Waals surface area contributed by atoms with E-state index in [1.165, 1.54) is 25.7 Å². The van der Waals surface area contributed by atoms with Crippen molar-refractivity contribution in [3.63, 3.8) is 0 Å². The van der Waals surface area contributed by atoms with Crippen molar-refractivity contribution in [2.45, 2.75) is 38.6 Å². The number of nitrogens with zero attached hydrogens (tertiary/aromatic N) is 1. The van der Waals surface area contributed by atoms with E-state index in [4.69, 9.17) is 10.2 Å². The molecule has 3 nitrogen and oxygen atoms in total. The molecule has 2 N–H and O–H groups in total. The van der Waals surface area contributed by atoms with E-state index in [1.54, 1.807) is 6.26 Å². The summed E-state index contributed by atoms with van der Waals surface area (Å²) in [4.78, 5) is 2.55. The molecule has 18 heavy (non-hydrogen) atoms. The first-order valence-electron chi connectivity index (χ1n) is 6.95. The summed E-state index contributed by atoms with van der Waals surface area (Å²) >= 11 is 3.60. The number of hydrogen-bond donors (Lipinski definition) is 1. The molecule has 0 spiro atoms. The van der Waals surface area contributed by atoms with E-state index in [9.17, 15) is 0 Å². The molecule has 0 aromatic carbocycles. The Morgan fingerprint density at radius 3 is 2.94 bits per heavy atom. The molecule has 1 aromatic heterocycles. The largest absolute Gasteiger partial charge is 0.466 e. The molecule has 2 heterocycles. The normalized spacial score (nSPS) is 26.2. The lowest BCUT2D eigenvalue weighted by Gasteiger charge is -2.33. The van der Waals surface area contributed by atoms with Crippen LogP contribution in [-0.2, 0) is 0 Å². The van der Waals surface area contributed by atoms with Gasteiger partial charge in [-0.3, -0.25) is 4.90 Å². The average Bonchev–Trinajstić information content (AvgIpc) is 2.68. The highest BCUT2D eigenvalue weighted by atomic mass is 79.9. The fourth-order valence-electron chi connectivity index (χ4n) is 3.00. The van der Waals surface area contributed by atoms with Gasteiger partial charge in [0.25, 0.3) is 0 Å². The summed E-state index contributed by atoms with van der Waals surface area (Å²) in [5, 5.41) is 0. The van der Waals surface area contributed by atoms with Crippen molar-refractivity contribution in [3.05, 3.63) is 22.6 Å². The van der Waals surface area contributed by atoms with Gasteiger partial charge in [-0.15, -0.1) is 0 Å². The number of furan rings is 1. The second-order valence-electron chi connectivity index (χ2n) is 5.11. The highest BCUT2D eigenvalue weighted by Gasteiger charge is 2.33. The molecule has 2 unspecified atom stereocenters. The first kappa shape index (κ1) is 14.1. The summed E-state index contributed by atoms with van der Waals surface area (Å²) in [7, 11) is 0. The molecular formula is C14H23BrN2O. The Hall–Kier alpha value is -0.320. The standard InChI is InChI=1S/C14H23BrN2O/c1-2-7-17-8-4-3-5-11(10-16)13(17)14-12(15)6-9-18-14/h6,9,11,13H,2-5,7-8,10,16H2,1H3. The fourth-order valence-corrected chi connectivity index (χ4v) is 3.43. The predicted octanol–water partition coefficient (Wildman–Crippen LogP) is 3.55. The van der Waals surface area contributed by atoms with Crippen LogP contribution in [-0.4, -0.2) is 24.5 Å². The van der Waals surface area contributed by atoms with Gasteiger partial charge in [0, 0.05) is 0 Å². The van der Waals surface area contributed by atoms with Gasteiger partial charge in [0.05, 0.1) is 16.8 Å². The molecule has 4 heteroatoms. The number of rotatable bonds is 4. The second kappa shape index (κ2) is 6.73. The van der Waals surface area contributed by atoms with Crippen molar-refractivity contribution in [1.29, 1.82) is 0 Å². The summed E-state index contributed by atoms with van der Waals surface area (Å²) in [6.45, 7) is 5.24. The number of hydrogen-bond acceptors (Lipinski definition) is 3. The Bertz CT molecular complexity index is 366. The minimum atomic E-state index is 0.335. The Labute approximate surface area is 118 Å². The first-order chi connectivity index (χ1) is 8.77. The van der Waals surface area contributed by atoms with Gasteiger partial charge < -0.3 is 10.2 Å². The van der Waals surface area contributed by atoms with E-state index in [0.29, 0.717) is 12.0 Å². The lowest BCUT2D eigenvalue weighted by molar-refractivity contribution is 0.136. The molecule has 0 radical (unpaired) electrons. The van der Waals surface area contributed by atoms with Gasteiger partial charge >= 0.3 is 0 Å². The molecule has 0 bridgehead atoms. The third-order valence-electron chi connectivity index (χ3n) is 3.84. The van der Waals surface area contributed by atoms with E-state index in [1.807, 2.05) is 6.07 Å². The maximum atomic E-state index is 5.99. The maximum absolute atomic E-state index is 5.99. The molecule has 2 atom stereocenters. The summed E-state index contributed by atoms with van der Waals surface area (Å²) < 4.78 is 6.80. The lowest BCUT2D eigenvalue weighted by atomic mass is 9.93. The SMILES string of the molecule is CCCN1CCCCC(CN)C1c1occc1Br. The molecule has 2 rings (SSSR count). The summed E-state index contributed by atoms with van der Waals surface area (Å²) in [6, 6.07) is 2.32. The van der Waals surface area contributed by atoms with E-state index in [2.05, 4.69) is 27.8 Å². The van der Waals surface area contributed by atoms with E-state index >= 15 is 0 Å². The molecule has 0 aliphatic carbocycles. The van der Waals surface area contributed by atoms with Gasteiger partial charge in [0.1, 0.15) is 5.76 Å². The van der Waals surface area contributed by atoms with Crippen molar-refractivity contribution in [3.8, 4) is 0 Å². The molecule has 1 aromatic rings. The summed E-state index contributed by atoms with van der Waals surface area (Å²) in [5.41, 5.74) is 5.99. The van der Waals surface area contributed by atoms with Crippen molar-refractivity contribution in [2.24, 2.45) is 11.7 Å². The summed E-state index contributed by atoms with van der Waals surface area (Å²) in [6.07, 6.45) is 6.69. The zero-order valence-corrected chi connectivity index (χ0v) is 12.7. The third-order valence-corrected chi connectivity index (χ3v) is 4.49. The van der Waals surface area contributed by atoms with Crippen LogP contribution in [0.1, 0.15) is 44.4 Å². The van der Waals surface area contributed by atoms with Crippen LogP contribution < -0.4 is 5.73 Å². The van der Waals surface area contributed by atoms with Gasteiger partial charge in [0.2, 0.25) is 0 Å². The van der Waals surface area contributed by atoms with Crippen LogP contribution in [0.2, 0.25) is 0 Å². The molecule has 1 saturated heterocycles. The molecular weight excluding hydrogens is 292 g/mol. The van der Waals surface area contributed by atoms with Gasteiger partial charge in [-0.1, -0.05) is 13.3 Å². The number of nitrogens with two attached hydrogens (primary N) is 1. The van der Waals surface area contributed by atoms with Crippen LogP contribution in [0.3, 0.4) is 0 Å². The Morgan fingerprint density at radius 2 is 2.33 bits per heavy atom. The minimum absolute atomic E-state index is 0.335. The van der Waals surface area contributed by atoms with E-state index < -0.39 is 0 Å². The minimum Gasteiger partial charge on any atom is -0.466 e. The quantitative estimate of drug-likeness (QED) is 0.924. The molecule has 102 valence electrons. The van der Waals surface area contributed by atoms with Crippen LogP contribution in [0.5, 0.6) is 0 Å². The molecule has 1 aliphatic heterocycles. The van der Waals surface area contributed by atoms with Crippen molar-refractivity contribution in [1.82, 2.24) is 4.90 Å². The van der Waals surface area contributed by atoms with Crippen molar-refractivity contribution < 1.29 is 4.42 Å². The number of likely N-dealkylation sites (tertiary alicyclic amines) is 1. The zero-order valence-electron chi connectivity index (χ0n) is 11.1. The second-order valence-corrected chi connectivity index (χ2v) is 5.96. The topological polar surface area (TPSA) is 42.4 Å². The highest BCUT2D eigenvalue weighted by molar-refractivity contribution is 9.10. The van der Waals surface area contributed by atoms with Gasteiger partial charge in [-0.25, -0.2) is 0 Å². The zero-order chi connectivity index (χ0) is 13.0. The molecule has 0 saturated carbocycles. The van der Waals surface area contributed by atoms with E-state index in [0.717, 1.165) is 29.9 Å².